The molecule has 0 aliphatic carbocycles. The first kappa shape index (κ1) is 21.9. The second kappa shape index (κ2) is 10.8. The molecule has 3 rings (SSSR count). The normalized spacial score (nSPS) is 14.6. The number of methoxy groups -OCH3 is 1. The standard InChI is InChI=1S/C21H28N4O5/c1-3-30-21(27)19-20(23-17-8-5-4-7-16(17)22-19)25-10-6-9-24(11-12-25)18(26)15-29-14-13-28-2/h4-5,7-8H,3,6,9-15H2,1-2H3. The summed E-state index contributed by atoms with van der Waals surface area (Å²) in [6, 6.07) is 7.43. The molecule has 1 fully saturated rings. The molecule has 1 aliphatic rings. The minimum Gasteiger partial charge on any atom is -0.461 e. The maximum absolute atomic E-state index is 12.5. The third kappa shape index (κ3) is 5.43. The van der Waals surface area contributed by atoms with Crippen LogP contribution in [0.25, 0.3) is 11.0 Å². The molecular weight excluding hydrogens is 388 g/mol. The van der Waals surface area contributed by atoms with Crippen molar-refractivity contribution < 1.29 is 23.8 Å². The Morgan fingerprint density at radius 2 is 1.80 bits per heavy atom. The van der Waals surface area contributed by atoms with Gasteiger partial charge in [0.1, 0.15) is 6.61 Å². The molecule has 1 aliphatic heterocycles. The van der Waals surface area contributed by atoms with Crippen LogP contribution in [0, 0.1) is 0 Å². The van der Waals surface area contributed by atoms with Gasteiger partial charge in [0.05, 0.1) is 30.9 Å². The molecule has 2 heterocycles. The number of carbonyl (C=O) groups is 2. The Morgan fingerprint density at radius 1 is 1.03 bits per heavy atom. The highest BCUT2D eigenvalue weighted by molar-refractivity contribution is 5.95. The van der Waals surface area contributed by atoms with E-state index >= 15 is 0 Å². The maximum atomic E-state index is 12.5. The average Bonchev–Trinajstić information content (AvgIpc) is 3.02. The molecule has 1 amide bonds. The zero-order chi connectivity index (χ0) is 21.3. The Bertz CT molecular complexity index is 876. The molecule has 9 heteroatoms. The zero-order valence-electron chi connectivity index (χ0n) is 17.5. The molecule has 162 valence electrons. The van der Waals surface area contributed by atoms with Crippen molar-refractivity contribution in [3.8, 4) is 0 Å². The summed E-state index contributed by atoms with van der Waals surface area (Å²) in [5.41, 5.74) is 1.56. The van der Waals surface area contributed by atoms with Gasteiger partial charge in [-0.05, 0) is 25.5 Å². The molecular formula is C21H28N4O5. The Kier molecular flexibility index (Phi) is 7.92. The van der Waals surface area contributed by atoms with Gasteiger partial charge in [-0.25, -0.2) is 14.8 Å². The number of amides is 1. The molecule has 0 radical (unpaired) electrons. The quantitative estimate of drug-likeness (QED) is 0.472. The number of esters is 1. The highest BCUT2D eigenvalue weighted by Gasteiger charge is 2.25. The number of hydrogen-bond donors (Lipinski definition) is 0. The van der Waals surface area contributed by atoms with Crippen LogP contribution in [0.3, 0.4) is 0 Å². The topological polar surface area (TPSA) is 94.1 Å². The number of benzene rings is 1. The lowest BCUT2D eigenvalue weighted by Gasteiger charge is -2.24. The van der Waals surface area contributed by atoms with Crippen LogP contribution in [0.15, 0.2) is 24.3 Å². The molecule has 1 saturated heterocycles. The van der Waals surface area contributed by atoms with Gasteiger partial charge in [0, 0.05) is 33.3 Å². The number of hydrogen-bond acceptors (Lipinski definition) is 8. The van der Waals surface area contributed by atoms with Crippen LogP contribution < -0.4 is 4.90 Å². The second-order valence-corrected chi connectivity index (χ2v) is 6.87. The van der Waals surface area contributed by atoms with E-state index < -0.39 is 5.97 Å². The molecule has 0 spiro atoms. The van der Waals surface area contributed by atoms with E-state index in [1.54, 1.807) is 18.9 Å². The van der Waals surface area contributed by atoms with Crippen molar-refractivity contribution >= 4 is 28.7 Å². The minimum absolute atomic E-state index is 0.0349. The molecule has 0 atom stereocenters. The van der Waals surface area contributed by atoms with E-state index in [2.05, 4.69) is 4.98 Å². The Labute approximate surface area is 175 Å². The summed E-state index contributed by atoms with van der Waals surface area (Å²) in [5.74, 6) is -0.0459. The number of aromatic nitrogens is 2. The molecule has 2 aromatic rings. The highest BCUT2D eigenvalue weighted by Crippen LogP contribution is 2.23. The number of fused-ring (bicyclic) bond motifs is 1. The van der Waals surface area contributed by atoms with Gasteiger partial charge in [0.15, 0.2) is 11.5 Å². The lowest BCUT2D eigenvalue weighted by molar-refractivity contribution is -0.136. The fourth-order valence-electron chi connectivity index (χ4n) is 3.32. The third-order valence-corrected chi connectivity index (χ3v) is 4.83. The molecule has 1 aromatic heterocycles. The van der Waals surface area contributed by atoms with E-state index in [0.29, 0.717) is 56.2 Å². The molecule has 0 unspecified atom stereocenters. The minimum atomic E-state index is -0.491. The van der Waals surface area contributed by atoms with E-state index in [4.69, 9.17) is 19.2 Å². The number of carbonyl (C=O) groups excluding carboxylic acids is 2. The molecule has 0 bridgehead atoms. The van der Waals surface area contributed by atoms with Gasteiger partial charge < -0.3 is 24.0 Å². The van der Waals surface area contributed by atoms with E-state index in [1.807, 2.05) is 29.2 Å². The number of anilines is 1. The van der Waals surface area contributed by atoms with Crippen LogP contribution in [0.5, 0.6) is 0 Å². The summed E-state index contributed by atoms with van der Waals surface area (Å²) in [6.45, 7) is 5.25. The van der Waals surface area contributed by atoms with Crippen molar-refractivity contribution in [1.29, 1.82) is 0 Å². The van der Waals surface area contributed by atoms with Crippen molar-refractivity contribution in [1.82, 2.24) is 14.9 Å². The molecule has 9 nitrogen and oxygen atoms in total. The first-order chi connectivity index (χ1) is 14.6. The highest BCUT2D eigenvalue weighted by atomic mass is 16.5. The number of para-hydroxylation sites is 2. The zero-order valence-corrected chi connectivity index (χ0v) is 17.5. The van der Waals surface area contributed by atoms with E-state index in [9.17, 15) is 9.59 Å². The van der Waals surface area contributed by atoms with Crippen molar-refractivity contribution in [3.05, 3.63) is 30.0 Å². The van der Waals surface area contributed by atoms with Gasteiger partial charge in [-0.2, -0.15) is 0 Å². The Morgan fingerprint density at radius 3 is 2.53 bits per heavy atom. The predicted octanol–water partition coefficient (Wildman–Crippen LogP) is 1.51. The fourth-order valence-corrected chi connectivity index (χ4v) is 3.32. The largest absolute Gasteiger partial charge is 0.461 e. The molecule has 0 N–H and O–H groups in total. The first-order valence-electron chi connectivity index (χ1n) is 10.2. The van der Waals surface area contributed by atoms with Crippen LogP contribution in [0.4, 0.5) is 5.82 Å². The smallest absolute Gasteiger partial charge is 0.360 e. The number of nitrogens with zero attached hydrogens (tertiary/aromatic N) is 4. The monoisotopic (exact) mass is 416 g/mol. The van der Waals surface area contributed by atoms with Gasteiger partial charge >= 0.3 is 5.97 Å². The van der Waals surface area contributed by atoms with Gasteiger partial charge in [-0.15, -0.1) is 0 Å². The summed E-state index contributed by atoms with van der Waals surface area (Å²) in [7, 11) is 1.59. The lowest BCUT2D eigenvalue weighted by atomic mass is 10.2. The van der Waals surface area contributed by atoms with Crippen LogP contribution >= 0.6 is 0 Å². The molecule has 0 saturated carbocycles. The van der Waals surface area contributed by atoms with Gasteiger partial charge in [0.2, 0.25) is 5.91 Å². The average molecular weight is 416 g/mol. The van der Waals surface area contributed by atoms with Crippen LogP contribution in [0.2, 0.25) is 0 Å². The summed E-state index contributed by atoms with van der Waals surface area (Å²) in [5, 5.41) is 0. The predicted molar refractivity (Wildman–Crippen MR) is 112 cm³/mol. The summed E-state index contributed by atoms with van der Waals surface area (Å²) in [4.78, 5) is 38.0. The van der Waals surface area contributed by atoms with Crippen molar-refractivity contribution in [2.24, 2.45) is 0 Å². The SMILES string of the molecule is CCOC(=O)c1nc2ccccc2nc1N1CCCN(C(=O)COCCOC)CC1. The van der Waals surface area contributed by atoms with Gasteiger partial charge in [-0.1, -0.05) is 12.1 Å². The molecule has 1 aromatic carbocycles. The van der Waals surface area contributed by atoms with Crippen molar-refractivity contribution in [2.45, 2.75) is 13.3 Å². The first-order valence-corrected chi connectivity index (χ1v) is 10.2. The van der Waals surface area contributed by atoms with Crippen LogP contribution in [-0.2, 0) is 19.0 Å². The third-order valence-electron chi connectivity index (χ3n) is 4.83. The number of rotatable bonds is 8. The van der Waals surface area contributed by atoms with E-state index in [1.165, 1.54) is 0 Å². The summed E-state index contributed by atoms with van der Waals surface area (Å²) in [6.07, 6.45) is 0.751. The Balaban J connectivity index is 1.76. The van der Waals surface area contributed by atoms with E-state index in [-0.39, 0.29) is 24.8 Å². The van der Waals surface area contributed by atoms with Gasteiger partial charge in [0.25, 0.3) is 0 Å². The summed E-state index contributed by atoms with van der Waals surface area (Å²) < 4.78 is 15.5. The van der Waals surface area contributed by atoms with Gasteiger partial charge in [-0.3, -0.25) is 4.79 Å². The second-order valence-electron chi connectivity index (χ2n) is 6.87. The lowest BCUT2D eigenvalue weighted by Crippen LogP contribution is -2.38. The van der Waals surface area contributed by atoms with Crippen molar-refractivity contribution in [3.63, 3.8) is 0 Å². The van der Waals surface area contributed by atoms with Crippen molar-refractivity contribution in [2.75, 3.05) is 64.6 Å². The maximum Gasteiger partial charge on any atom is 0.360 e. The van der Waals surface area contributed by atoms with E-state index in [0.717, 1.165) is 6.42 Å². The Hall–Kier alpha value is -2.78. The van der Waals surface area contributed by atoms with Crippen LogP contribution in [0.1, 0.15) is 23.8 Å². The number of ether oxygens (including phenoxy) is 3. The molecule has 30 heavy (non-hydrogen) atoms. The van der Waals surface area contributed by atoms with Crippen LogP contribution in [-0.4, -0.2) is 86.5 Å². The fraction of sp³-hybridized carbons (Fsp3) is 0.524. The summed E-state index contributed by atoms with van der Waals surface area (Å²) >= 11 is 0.